The number of oxazole rings is 1. The fourth-order valence-corrected chi connectivity index (χ4v) is 4.87. The van der Waals surface area contributed by atoms with Gasteiger partial charge < -0.3 is 14.6 Å². The van der Waals surface area contributed by atoms with Gasteiger partial charge in [-0.3, -0.25) is 9.69 Å². The summed E-state index contributed by atoms with van der Waals surface area (Å²) in [5, 5.41) is 3.38. The highest BCUT2D eigenvalue weighted by Gasteiger charge is 2.30. The van der Waals surface area contributed by atoms with Crippen LogP contribution in [0.4, 0.5) is 0 Å². The normalized spacial score (nSPS) is 19.9. The first kappa shape index (κ1) is 20.9. The first-order valence-electron chi connectivity index (χ1n) is 11.6. The molecule has 0 bridgehead atoms. The highest BCUT2D eigenvalue weighted by molar-refractivity contribution is 5.92. The van der Waals surface area contributed by atoms with Crippen LogP contribution >= 0.6 is 0 Å². The molecule has 3 heterocycles. The summed E-state index contributed by atoms with van der Waals surface area (Å²) in [4.78, 5) is 22.0. The van der Waals surface area contributed by atoms with Gasteiger partial charge in [-0.25, -0.2) is 4.98 Å². The Kier molecular flexibility index (Phi) is 6.32. The number of piperidine rings is 1. The van der Waals surface area contributed by atoms with Crippen LogP contribution in [0.25, 0.3) is 0 Å². The van der Waals surface area contributed by atoms with Crippen LogP contribution in [-0.2, 0) is 0 Å². The maximum absolute atomic E-state index is 13.1. The second-order valence-corrected chi connectivity index (χ2v) is 8.67. The molecule has 2 aliphatic rings. The Morgan fingerprint density at radius 2 is 1.62 bits per heavy atom. The van der Waals surface area contributed by atoms with E-state index in [1.54, 1.807) is 0 Å². The zero-order valence-electron chi connectivity index (χ0n) is 18.3. The molecule has 5 rings (SSSR count). The first-order chi connectivity index (χ1) is 15.8. The summed E-state index contributed by atoms with van der Waals surface area (Å²) >= 11 is 0. The monoisotopic (exact) mass is 430 g/mol. The van der Waals surface area contributed by atoms with Gasteiger partial charge in [0.25, 0.3) is 5.91 Å². The van der Waals surface area contributed by atoms with Gasteiger partial charge in [-0.15, -0.1) is 0 Å². The molecule has 2 aromatic carbocycles. The van der Waals surface area contributed by atoms with Crippen LogP contribution in [0.3, 0.4) is 0 Å². The number of hydrogen-bond donors (Lipinski definition) is 1. The standard InChI is InChI=1S/C26H30N4O2/c31-26(23-19-32-25(28-23)22-12-7-13-27-18-22)30-16-14-29(15-17-30)24(20-8-3-1-4-9-20)21-10-5-2-6-11-21/h1-6,8-11,19,22,24,27H,7,12-18H2. The predicted molar refractivity (Wildman–Crippen MR) is 124 cm³/mol. The third-order valence-corrected chi connectivity index (χ3v) is 6.58. The highest BCUT2D eigenvalue weighted by atomic mass is 16.3. The lowest BCUT2D eigenvalue weighted by Gasteiger charge is -2.39. The molecule has 2 fully saturated rings. The molecule has 1 amide bonds. The average Bonchev–Trinajstić information content (AvgIpc) is 3.37. The van der Waals surface area contributed by atoms with E-state index >= 15 is 0 Å². The number of carbonyl (C=O) groups is 1. The molecule has 0 aliphatic carbocycles. The molecule has 0 saturated carbocycles. The van der Waals surface area contributed by atoms with Crippen molar-refractivity contribution >= 4 is 5.91 Å². The van der Waals surface area contributed by atoms with E-state index in [2.05, 4.69) is 75.9 Å². The topological polar surface area (TPSA) is 61.6 Å². The van der Waals surface area contributed by atoms with Crippen LogP contribution in [0.2, 0.25) is 0 Å². The molecule has 2 saturated heterocycles. The molecule has 6 nitrogen and oxygen atoms in total. The summed E-state index contributed by atoms with van der Waals surface area (Å²) in [5.41, 5.74) is 2.99. The minimum atomic E-state index is -0.0283. The van der Waals surface area contributed by atoms with E-state index in [-0.39, 0.29) is 17.9 Å². The van der Waals surface area contributed by atoms with Crippen LogP contribution in [0.5, 0.6) is 0 Å². The maximum Gasteiger partial charge on any atom is 0.275 e. The molecule has 32 heavy (non-hydrogen) atoms. The van der Waals surface area contributed by atoms with Crippen molar-refractivity contribution in [3.8, 4) is 0 Å². The Hall–Kier alpha value is -2.96. The Morgan fingerprint density at radius 3 is 2.22 bits per heavy atom. The van der Waals surface area contributed by atoms with E-state index in [0.717, 1.165) is 39.0 Å². The van der Waals surface area contributed by atoms with E-state index in [1.165, 1.54) is 17.4 Å². The second kappa shape index (κ2) is 9.67. The van der Waals surface area contributed by atoms with Crippen LogP contribution in [0.1, 0.15) is 52.3 Å². The maximum atomic E-state index is 13.1. The third kappa shape index (κ3) is 4.47. The molecule has 0 radical (unpaired) electrons. The average molecular weight is 431 g/mol. The van der Waals surface area contributed by atoms with Crippen LogP contribution in [0, 0.1) is 0 Å². The molecular formula is C26H30N4O2. The van der Waals surface area contributed by atoms with Crippen molar-refractivity contribution < 1.29 is 9.21 Å². The highest BCUT2D eigenvalue weighted by Crippen LogP contribution is 2.30. The van der Waals surface area contributed by atoms with Gasteiger partial charge in [0.2, 0.25) is 0 Å². The number of piperazine rings is 1. The summed E-state index contributed by atoms with van der Waals surface area (Å²) in [6.07, 6.45) is 3.71. The lowest BCUT2D eigenvalue weighted by molar-refractivity contribution is 0.0591. The molecule has 6 heteroatoms. The third-order valence-electron chi connectivity index (χ3n) is 6.58. The van der Waals surface area contributed by atoms with Gasteiger partial charge in [0.1, 0.15) is 6.26 Å². The molecule has 2 aliphatic heterocycles. The number of amides is 1. The van der Waals surface area contributed by atoms with Crippen molar-refractivity contribution in [2.75, 3.05) is 39.3 Å². The van der Waals surface area contributed by atoms with Crippen LogP contribution in [-0.4, -0.2) is 60.0 Å². The van der Waals surface area contributed by atoms with E-state index in [0.29, 0.717) is 24.7 Å². The number of aromatic nitrogens is 1. The Labute approximate surface area is 189 Å². The predicted octanol–water partition coefficient (Wildman–Crippen LogP) is 3.69. The first-order valence-corrected chi connectivity index (χ1v) is 11.6. The summed E-state index contributed by atoms with van der Waals surface area (Å²) < 4.78 is 5.68. The minimum absolute atomic E-state index is 0.0283. The van der Waals surface area contributed by atoms with Crippen molar-refractivity contribution in [1.29, 1.82) is 0 Å². The largest absolute Gasteiger partial charge is 0.448 e. The Morgan fingerprint density at radius 1 is 0.969 bits per heavy atom. The number of nitrogens with one attached hydrogen (secondary N) is 1. The van der Waals surface area contributed by atoms with Gasteiger partial charge in [-0.05, 0) is 30.5 Å². The molecule has 166 valence electrons. The molecule has 1 atom stereocenters. The zero-order valence-corrected chi connectivity index (χ0v) is 18.3. The van der Waals surface area contributed by atoms with Crippen molar-refractivity contribution in [3.63, 3.8) is 0 Å². The summed E-state index contributed by atoms with van der Waals surface area (Å²) in [6.45, 7) is 4.91. The van der Waals surface area contributed by atoms with Crippen molar-refractivity contribution in [2.24, 2.45) is 0 Å². The molecule has 3 aromatic rings. The van der Waals surface area contributed by atoms with E-state index < -0.39 is 0 Å². The smallest absolute Gasteiger partial charge is 0.275 e. The van der Waals surface area contributed by atoms with Crippen LogP contribution in [0.15, 0.2) is 71.3 Å². The zero-order chi connectivity index (χ0) is 21.8. The van der Waals surface area contributed by atoms with E-state index in [1.807, 2.05) is 4.90 Å². The number of benzene rings is 2. The van der Waals surface area contributed by atoms with Gasteiger partial charge in [-0.1, -0.05) is 60.7 Å². The van der Waals surface area contributed by atoms with E-state index in [4.69, 9.17) is 4.42 Å². The van der Waals surface area contributed by atoms with E-state index in [9.17, 15) is 4.79 Å². The van der Waals surface area contributed by atoms with Gasteiger partial charge in [0, 0.05) is 38.6 Å². The van der Waals surface area contributed by atoms with Crippen molar-refractivity contribution in [3.05, 3.63) is 89.6 Å². The quantitative estimate of drug-likeness (QED) is 0.669. The second-order valence-electron chi connectivity index (χ2n) is 8.67. The molecular weight excluding hydrogens is 400 g/mol. The fraction of sp³-hybridized carbons (Fsp3) is 0.385. The number of rotatable bonds is 5. The van der Waals surface area contributed by atoms with Gasteiger partial charge in [0.15, 0.2) is 11.6 Å². The lowest BCUT2D eigenvalue weighted by atomic mass is 9.96. The molecule has 1 unspecified atom stereocenters. The lowest BCUT2D eigenvalue weighted by Crippen LogP contribution is -2.50. The molecule has 1 aromatic heterocycles. The fourth-order valence-electron chi connectivity index (χ4n) is 4.87. The van der Waals surface area contributed by atoms with Gasteiger partial charge >= 0.3 is 0 Å². The SMILES string of the molecule is O=C(c1coc(C2CCCNC2)n1)N1CCN(C(c2ccccc2)c2ccccc2)CC1. The van der Waals surface area contributed by atoms with Crippen molar-refractivity contribution in [1.82, 2.24) is 20.1 Å². The minimum Gasteiger partial charge on any atom is -0.448 e. The summed E-state index contributed by atoms with van der Waals surface area (Å²) in [7, 11) is 0. The number of carbonyl (C=O) groups excluding carboxylic acids is 1. The van der Waals surface area contributed by atoms with Gasteiger partial charge in [0.05, 0.1) is 6.04 Å². The Bertz CT molecular complexity index is 967. The molecule has 1 N–H and O–H groups in total. The Balaban J connectivity index is 1.26. The number of hydrogen-bond acceptors (Lipinski definition) is 5. The van der Waals surface area contributed by atoms with Gasteiger partial charge in [-0.2, -0.15) is 0 Å². The molecule has 0 spiro atoms. The van der Waals surface area contributed by atoms with Crippen LogP contribution < -0.4 is 5.32 Å². The number of nitrogens with zero attached hydrogens (tertiary/aromatic N) is 3. The summed E-state index contributed by atoms with van der Waals surface area (Å²) in [6, 6.07) is 21.4. The summed E-state index contributed by atoms with van der Waals surface area (Å²) in [5.74, 6) is 0.923. The van der Waals surface area contributed by atoms with Crippen molar-refractivity contribution in [2.45, 2.75) is 24.8 Å².